The van der Waals surface area contributed by atoms with Gasteiger partial charge in [-0.25, -0.2) is 0 Å². The highest BCUT2D eigenvalue weighted by molar-refractivity contribution is 5.89. The number of hydrogen-bond donors (Lipinski definition) is 1. The molecule has 1 N–H and O–H groups in total. The molecule has 0 aromatic rings. The predicted octanol–water partition coefficient (Wildman–Crippen LogP) is 1.03. The summed E-state index contributed by atoms with van der Waals surface area (Å²) in [5.41, 5.74) is 0. The quantitative estimate of drug-likeness (QED) is 0.752. The lowest BCUT2D eigenvalue weighted by atomic mass is 10.1. The second-order valence-corrected chi connectivity index (χ2v) is 5.73. The summed E-state index contributed by atoms with van der Waals surface area (Å²) >= 11 is 0. The maximum atomic E-state index is 12.0. The van der Waals surface area contributed by atoms with Crippen molar-refractivity contribution in [3.05, 3.63) is 0 Å². The number of nitrogens with zero attached hydrogens (tertiary/aromatic N) is 1. The average molecular weight is 270 g/mol. The average Bonchev–Trinajstić information content (AvgIpc) is 2.71. The van der Waals surface area contributed by atoms with Crippen molar-refractivity contribution in [2.75, 3.05) is 26.8 Å². The van der Waals surface area contributed by atoms with Gasteiger partial charge in [0.15, 0.2) is 0 Å². The van der Waals surface area contributed by atoms with Gasteiger partial charge in [-0.15, -0.1) is 0 Å². The Morgan fingerprint density at radius 3 is 2.74 bits per heavy atom. The number of carbonyl (C=O) groups excluding carboxylic acids is 2. The van der Waals surface area contributed by atoms with Crippen molar-refractivity contribution in [1.82, 2.24) is 10.2 Å². The van der Waals surface area contributed by atoms with Gasteiger partial charge in [-0.2, -0.15) is 0 Å². The van der Waals surface area contributed by atoms with E-state index >= 15 is 0 Å². The zero-order valence-electron chi connectivity index (χ0n) is 12.4. The van der Waals surface area contributed by atoms with Gasteiger partial charge in [0, 0.05) is 26.6 Å². The van der Waals surface area contributed by atoms with E-state index in [9.17, 15) is 9.59 Å². The Hall–Kier alpha value is -1.10. The monoisotopic (exact) mass is 270 g/mol. The standard InChI is InChI=1S/C14H26N2O3/c1-10(2)5-6-15-14(18)12-7-13(17)16(8-12)11(3)9-19-4/h10-12H,5-9H2,1-4H3,(H,15,18)/t11-,12-/m1/s1. The summed E-state index contributed by atoms with van der Waals surface area (Å²) in [4.78, 5) is 25.6. The zero-order valence-corrected chi connectivity index (χ0v) is 12.4. The van der Waals surface area contributed by atoms with E-state index < -0.39 is 0 Å². The van der Waals surface area contributed by atoms with Crippen LogP contribution in [0.1, 0.15) is 33.6 Å². The van der Waals surface area contributed by atoms with Gasteiger partial charge in [-0.05, 0) is 19.3 Å². The summed E-state index contributed by atoms with van der Waals surface area (Å²) in [6, 6.07) is 0.0333. The van der Waals surface area contributed by atoms with Crippen LogP contribution in [0.5, 0.6) is 0 Å². The Morgan fingerprint density at radius 1 is 1.47 bits per heavy atom. The summed E-state index contributed by atoms with van der Waals surface area (Å²) < 4.78 is 5.06. The van der Waals surface area contributed by atoms with Gasteiger partial charge in [0.2, 0.25) is 11.8 Å². The molecule has 0 bridgehead atoms. The third kappa shape index (κ3) is 4.82. The van der Waals surface area contributed by atoms with Gasteiger partial charge in [0.05, 0.1) is 18.6 Å². The van der Waals surface area contributed by atoms with Crippen LogP contribution < -0.4 is 5.32 Å². The van der Waals surface area contributed by atoms with Crippen LogP contribution in [0.2, 0.25) is 0 Å². The molecule has 1 rings (SSSR count). The van der Waals surface area contributed by atoms with E-state index in [-0.39, 0.29) is 23.8 Å². The molecule has 0 unspecified atom stereocenters. The molecule has 5 heteroatoms. The molecule has 0 aromatic carbocycles. The van der Waals surface area contributed by atoms with Gasteiger partial charge in [0.1, 0.15) is 0 Å². The summed E-state index contributed by atoms with van der Waals surface area (Å²) in [6.07, 6.45) is 1.29. The molecule has 5 nitrogen and oxygen atoms in total. The SMILES string of the molecule is COC[C@@H](C)N1C[C@H](C(=O)NCCC(C)C)CC1=O. The van der Waals surface area contributed by atoms with Gasteiger partial charge in [-0.1, -0.05) is 13.8 Å². The Balaban J connectivity index is 2.40. The molecule has 1 aliphatic heterocycles. The number of likely N-dealkylation sites (tertiary alicyclic amines) is 1. The van der Waals surface area contributed by atoms with Crippen LogP contribution >= 0.6 is 0 Å². The lowest BCUT2D eigenvalue weighted by Gasteiger charge is -2.23. The van der Waals surface area contributed by atoms with Gasteiger partial charge in [-0.3, -0.25) is 9.59 Å². The fraction of sp³-hybridized carbons (Fsp3) is 0.857. The van der Waals surface area contributed by atoms with E-state index in [4.69, 9.17) is 4.74 Å². The molecule has 110 valence electrons. The van der Waals surface area contributed by atoms with Crippen LogP contribution in [0.15, 0.2) is 0 Å². The van der Waals surface area contributed by atoms with Crippen molar-refractivity contribution >= 4 is 11.8 Å². The van der Waals surface area contributed by atoms with Crippen LogP contribution in [0.3, 0.4) is 0 Å². The number of amides is 2. The minimum atomic E-state index is -0.209. The van der Waals surface area contributed by atoms with Gasteiger partial charge < -0.3 is 15.0 Å². The van der Waals surface area contributed by atoms with E-state index in [1.165, 1.54) is 0 Å². The molecule has 0 aromatic heterocycles. The third-order valence-corrected chi connectivity index (χ3v) is 3.49. The Morgan fingerprint density at radius 2 is 2.16 bits per heavy atom. The molecule has 0 aliphatic carbocycles. The van der Waals surface area contributed by atoms with E-state index in [1.54, 1.807) is 12.0 Å². The summed E-state index contributed by atoms with van der Waals surface area (Å²) in [5, 5.41) is 2.92. The van der Waals surface area contributed by atoms with Crippen LogP contribution in [-0.2, 0) is 14.3 Å². The molecule has 0 saturated carbocycles. The molecule has 19 heavy (non-hydrogen) atoms. The van der Waals surface area contributed by atoms with Crippen LogP contribution in [0.25, 0.3) is 0 Å². The van der Waals surface area contributed by atoms with Gasteiger partial charge >= 0.3 is 0 Å². The number of methoxy groups -OCH3 is 1. The fourth-order valence-electron chi connectivity index (χ4n) is 2.29. The molecular weight excluding hydrogens is 244 g/mol. The lowest BCUT2D eigenvalue weighted by Crippen LogP contribution is -2.39. The first kappa shape index (κ1) is 16.0. The second kappa shape index (κ2) is 7.48. The highest BCUT2D eigenvalue weighted by Gasteiger charge is 2.36. The first-order chi connectivity index (χ1) is 8.95. The van der Waals surface area contributed by atoms with E-state index in [1.807, 2.05) is 6.92 Å². The van der Waals surface area contributed by atoms with Crippen LogP contribution in [0, 0.1) is 11.8 Å². The van der Waals surface area contributed by atoms with Crippen molar-refractivity contribution in [1.29, 1.82) is 0 Å². The summed E-state index contributed by atoms with van der Waals surface area (Å²) in [7, 11) is 1.62. The Bertz CT molecular complexity index is 318. The third-order valence-electron chi connectivity index (χ3n) is 3.49. The van der Waals surface area contributed by atoms with E-state index in [0.717, 1.165) is 6.42 Å². The summed E-state index contributed by atoms with van der Waals surface area (Å²) in [5.74, 6) is 0.414. The smallest absolute Gasteiger partial charge is 0.225 e. The number of nitrogens with one attached hydrogen (secondary N) is 1. The highest BCUT2D eigenvalue weighted by Crippen LogP contribution is 2.20. The van der Waals surface area contributed by atoms with E-state index in [0.29, 0.717) is 32.0 Å². The highest BCUT2D eigenvalue weighted by atomic mass is 16.5. The van der Waals surface area contributed by atoms with E-state index in [2.05, 4.69) is 19.2 Å². The minimum Gasteiger partial charge on any atom is -0.383 e. The molecule has 2 amide bonds. The lowest BCUT2D eigenvalue weighted by molar-refractivity contribution is -0.130. The first-order valence-electron chi connectivity index (χ1n) is 7.01. The minimum absolute atomic E-state index is 0.00103. The Labute approximate surface area is 115 Å². The molecule has 0 spiro atoms. The number of ether oxygens (including phenoxy) is 1. The molecule has 0 radical (unpaired) electrons. The van der Waals surface area contributed by atoms with Crippen molar-refractivity contribution in [3.63, 3.8) is 0 Å². The maximum Gasteiger partial charge on any atom is 0.225 e. The number of rotatable bonds is 7. The molecule has 1 fully saturated rings. The Kier molecular flexibility index (Phi) is 6.28. The second-order valence-electron chi connectivity index (χ2n) is 5.73. The van der Waals surface area contributed by atoms with Crippen LogP contribution in [0.4, 0.5) is 0 Å². The molecule has 1 aliphatic rings. The normalized spacial score (nSPS) is 21.0. The van der Waals surface area contributed by atoms with Crippen molar-refractivity contribution in [3.8, 4) is 0 Å². The van der Waals surface area contributed by atoms with Crippen molar-refractivity contribution < 1.29 is 14.3 Å². The summed E-state index contributed by atoms with van der Waals surface area (Å²) in [6.45, 7) is 7.90. The zero-order chi connectivity index (χ0) is 14.4. The molecule has 1 heterocycles. The fourth-order valence-corrected chi connectivity index (χ4v) is 2.29. The molecular formula is C14H26N2O3. The van der Waals surface area contributed by atoms with Crippen LogP contribution in [-0.4, -0.2) is 49.6 Å². The number of carbonyl (C=O) groups is 2. The number of hydrogen-bond acceptors (Lipinski definition) is 3. The largest absolute Gasteiger partial charge is 0.383 e. The van der Waals surface area contributed by atoms with Crippen molar-refractivity contribution in [2.45, 2.75) is 39.7 Å². The first-order valence-corrected chi connectivity index (χ1v) is 7.01. The molecule has 2 atom stereocenters. The molecule has 1 saturated heterocycles. The topological polar surface area (TPSA) is 58.6 Å². The predicted molar refractivity (Wildman–Crippen MR) is 73.6 cm³/mol. The van der Waals surface area contributed by atoms with Gasteiger partial charge in [0.25, 0.3) is 0 Å². The van der Waals surface area contributed by atoms with Crippen molar-refractivity contribution in [2.24, 2.45) is 11.8 Å². The maximum absolute atomic E-state index is 12.0.